The third-order valence-electron chi connectivity index (χ3n) is 1.99. The highest BCUT2D eigenvalue weighted by molar-refractivity contribution is 5.20. The van der Waals surface area contributed by atoms with Gasteiger partial charge in [0, 0.05) is 0 Å². The summed E-state index contributed by atoms with van der Waals surface area (Å²) in [5.74, 6) is 1.12. The molecule has 3 heteroatoms. The Labute approximate surface area is 107 Å². The molecule has 18 heavy (non-hydrogen) atoms. The molecule has 0 spiro atoms. The Bertz CT molecular complexity index is 412. The smallest absolute Gasteiger partial charge is 0.119 e. The van der Waals surface area contributed by atoms with Gasteiger partial charge in [-0.1, -0.05) is 36.4 Å². The molecule has 2 rings (SSSR count). The van der Waals surface area contributed by atoms with Crippen LogP contribution >= 0.6 is 0 Å². The molecule has 96 valence electrons. The average Bonchev–Trinajstić information content (AvgIpc) is 2.39. The SMILES string of the molecule is C[C@H](O)COc1ccccc1.Oc1ccccc1. The van der Waals surface area contributed by atoms with E-state index in [1.54, 1.807) is 31.2 Å². The quantitative estimate of drug-likeness (QED) is 0.875. The van der Waals surface area contributed by atoms with Crippen LogP contribution in [-0.2, 0) is 0 Å². The van der Waals surface area contributed by atoms with Crippen LogP contribution in [0.1, 0.15) is 6.92 Å². The van der Waals surface area contributed by atoms with Crippen LogP contribution in [0.4, 0.5) is 0 Å². The highest BCUT2D eigenvalue weighted by atomic mass is 16.5. The summed E-state index contributed by atoms with van der Waals surface area (Å²) in [6, 6.07) is 18.2. The van der Waals surface area contributed by atoms with E-state index in [0.29, 0.717) is 12.4 Å². The number of phenolic OH excluding ortho intramolecular Hbond substituents is 1. The first-order chi connectivity index (χ1) is 8.68. The molecule has 0 aromatic heterocycles. The first-order valence-corrected chi connectivity index (χ1v) is 5.78. The number of hydrogen-bond acceptors (Lipinski definition) is 3. The molecule has 0 saturated heterocycles. The summed E-state index contributed by atoms with van der Waals surface area (Å²) < 4.78 is 5.22. The maximum atomic E-state index is 8.89. The molecular formula is C15H18O3. The number of para-hydroxylation sites is 2. The lowest BCUT2D eigenvalue weighted by molar-refractivity contribution is 0.123. The van der Waals surface area contributed by atoms with Crippen LogP contribution in [0.5, 0.6) is 11.5 Å². The van der Waals surface area contributed by atoms with Crippen molar-refractivity contribution in [1.29, 1.82) is 0 Å². The predicted octanol–water partition coefficient (Wildman–Crippen LogP) is 2.84. The normalized spacial score (nSPS) is 11.0. The van der Waals surface area contributed by atoms with Gasteiger partial charge in [-0.25, -0.2) is 0 Å². The Morgan fingerprint density at radius 3 is 1.83 bits per heavy atom. The highest BCUT2D eigenvalue weighted by Crippen LogP contribution is 2.08. The van der Waals surface area contributed by atoms with Crippen LogP contribution in [0.2, 0.25) is 0 Å². The van der Waals surface area contributed by atoms with Crippen molar-refractivity contribution < 1.29 is 14.9 Å². The summed E-state index contributed by atoms with van der Waals surface area (Å²) in [5.41, 5.74) is 0. The first-order valence-electron chi connectivity index (χ1n) is 5.78. The van der Waals surface area contributed by atoms with Gasteiger partial charge in [-0.2, -0.15) is 0 Å². The minimum absolute atomic E-state index is 0.322. The van der Waals surface area contributed by atoms with Crippen LogP contribution in [-0.4, -0.2) is 22.9 Å². The molecule has 0 aliphatic carbocycles. The van der Waals surface area contributed by atoms with Crippen LogP contribution < -0.4 is 4.74 Å². The molecule has 1 atom stereocenters. The second-order valence-electron chi connectivity index (χ2n) is 3.81. The lowest BCUT2D eigenvalue weighted by Crippen LogP contribution is -2.12. The number of ether oxygens (including phenoxy) is 1. The van der Waals surface area contributed by atoms with Gasteiger partial charge >= 0.3 is 0 Å². The first kappa shape index (κ1) is 14.1. The standard InChI is InChI=1S/C9H12O2.C6H6O/c1-8(10)7-11-9-5-3-2-4-6-9;7-6-4-2-1-3-5-6/h2-6,8,10H,7H2,1H3;1-5,7H/t8-;/m0./s1. The Hall–Kier alpha value is -2.00. The number of aromatic hydroxyl groups is 1. The molecule has 0 radical (unpaired) electrons. The van der Waals surface area contributed by atoms with Gasteiger partial charge < -0.3 is 14.9 Å². The Kier molecular flexibility index (Phi) is 6.36. The number of hydrogen-bond donors (Lipinski definition) is 2. The fourth-order valence-electron chi connectivity index (χ4n) is 1.16. The van der Waals surface area contributed by atoms with Crippen molar-refractivity contribution in [3.05, 3.63) is 60.7 Å². The fourth-order valence-corrected chi connectivity index (χ4v) is 1.16. The van der Waals surface area contributed by atoms with Gasteiger partial charge in [0.15, 0.2) is 0 Å². The molecule has 2 aromatic carbocycles. The topological polar surface area (TPSA) is 49.7 Å². The summed E-state index contributed by atoms with van der Waals surface area (Å²) in [7, 11) is 0. The number of aliphatic hydroxyl groups is 1. The molecule has 2 aromatic rings. The minimum Gasteiger partial charge on any atom is -0.508 e. The highest BCUT2D eigenvalue weighted by Gasteiger charge is 1.95. The zero-order chi connectivity index (χ0) is 13.2. The summed E-state index contributed by atoms with van der Waals surface area (Å²) >= 11 is 0. The van der Waals surface area contributed by atoms with Crippen LogP contribution in [0, 0.1) is 0 Å². The number of aliphatic hydroxyl groups excluding tert-OH is 1. The van der Waals surface area contributed by atoms with E-state index in [2.05, 4.69) is 0 Å². The number of rotatable bonds is 3. The monoisotopic (exact) mass is 246 g/mol. The van der Waals surface area contributed by atoms with Gasteiger partial charge in [0.1, 0.15) is 18.1 Å². The number of benzene rings is 2. The minimum atomic E-state index is -0.407. The molecular weight excluding hydrogens is 228 g/mol. The maximum absolute atomic E-state index is 8.89. The van der Waals surface area contributed by atoms with E-state index in [1.165, 1.54) is 0 Å². The molecule has 0 aliphatic heterocycles. The predicted molar refractivity (Wildman–Crippen MR) is 71.7 cm³/mol. The summed E-state index contributed by atoms with van der Waals surface area (Å²) in [4.78, 5) is 0. The van der Waals surface area contributed by atoms with E-state index < -0.39 is 6.10 Å². The fraction of sp³-hybridized carbons (Fsp3) is 0.200. The van der Waals surface area contributed by atoms with E-state index in [0.717, 1.165) is 5.75 Å². The van der Waals surface area contributed by atoms with Crippen molar-refractivity contribution in [2.45, 2.75) is 13.0 Å². The van der Waals surface area contributed by atoms with Crippen molar-refractivity contribution in [3.8, 4) is 11.5 Å². The zero-order valence-corrected chi connectivity index (χ0v) is 10.4. The van der Waals surface area contributed by atoms with Gasteiger partial charge in [-0.05, 0) is 31.2 Å². The van der Waals surface area contributed by atoms with Gasteiger partial charge in [0.05, 0.1) is 6.10 Å². The van der Waals surface area contributed by atoms with Crippen molar-refractivity contribution >= 4 is 0 Å². The molecule has 0 heterocycles. The Morgan fingerprint density at radius 1 is 0.944 bits per heavy atom. The largest absolute Gasteiger partial charge is 0.508 e. The van der Waals surface area contributed by atoms with E-state index in [4.69, 9.17) is 14.9 Å². The van der Waals surface area contributed by atoms with E-state index >= 15 is 0 Å². The van der Waals surface area contributed by atoms with E-state index in [-0.39, 0.29) is 0 Å². The van der Waals surface area contributed by atoms with Crippen molar-refractivity contribution in [2.75, 3.05) is 6.61 Å². The number of phenols is 1. The Morgan fingerprint density at radius 2 is 1.44 bits per heavy atom. The maximum Gasteiger partial charge on any atom is 0.119 e. The summed E-state index contributed by atoms with van der Waals surface area (Å²) in [5, 5.41) is 17.5. The van der Waals surface area contributed by atoms with Gasteiger partial charge in [0.2, 0.25) is 0 Å². The zero-order valence-electron chi connectivity index (χ0n) is 10.4. The second kappa shape index (κ2) is 8.14. The molecule has 0 bridgehead atoms. The third kappa shape index (κ3) is 6.55. The summed E-state index contributed by atoms with van der Waals surface area (Å²) in [6.45, 7) is 2.05. The van der Waals surface area contributed by atoms with Crippen molar-refractivity contribution in [1.82, 2.24) is 0 Å². The van der Waals surface area contributed by atoms with Crippen molar-refractivity contribution in [2.24, 2.45) is 0 Å². The van der Waals surface area contributed by atoms with E-state index in [9.17, 15) is 0 Å². The van der Waals surface area contributed by atoms with Gasteiger partial charge in [0.25, 0.3) is 0 Å². The molecule has 0 aliphatic rings. The third-order valence-corrected chi connectivity index (χ3v) is 1.99. The lowest BCUT2D eigenvalue weighted by Gasteiger charge is -2.06. The van der Waals surface area contributed by atoms with Crippen molar-refractivity contribution in [3.63, 3.8) is 0 Å². The Balaban J connectivity index is 0.000000199. The molecule has 0 fully saturated rings. The lowest BCUT2D eigenvalue weighted by atomic mass is 10.3. The van der Waals surface area contributed by atoms with E-state index in [1.807, 2.05) is 36.4 Å². The molecule has 3 nitrogen and oxygen atoms in total. The summed E-state index contributed by atoms with van der Waals surface area (Å²) in [6.07, 6.45) is -0.407. The molecule has 0 saturated carbocycles. The van der Waals surface area contributed by atoms with Crippen LogP contribution in [0.15, 0.2) is 60.7 Å². The molecule has 2 N–H and O–H groups in total. The molecule has 0 amide bonds. The van der Waals surface area contributed by atoms with Crippen LogP contribution in [0.25, 0.3) is 0 Å². The van der Waals surface area contributed by atoms with Gasteiger partial charge in [-0.15, -0.1) is 0 Å². The second-order valence-corrected chi connectivity index (χ2v) is 3.81. The molecule has 0 unspecified atom stereocenters. The van der Waals surface area contributed by atoms with Gasteiger partial charge in [-0.3, -0.25) is 0 Å². The average molecular weight is 246 g/mol. The van der Waals surface area contributed by atoms with Crippen LogP contribution in [0.3, 0.4) is 0 Å².